The summed E-state index contributed by atoms with van der Waals surface area (Å²) in [4.78, 5) is 26.1. The topological polar surface area (TPSA) is 83.6 Å². The van der Waals surface area contributed by atoms with Crippen molar-refractivity contribution in [1.29, 1.82) is 0 Å². The van der Waals surface area contributed by atoms with Gasteiger partial charge in [-0.15, -0.1) is 0 Å². The number of aliphatic hydroxyl groups excluding tert-OH is 1. The van der Waals surface area contributed by atoms with E-state index in [1.54, 1.807) is 54.6 Å². The lowest BCUT2D eigenvalue weighted by molar-refractivity contribution is 0.0926. The molecule has 2 amide bonds. The van der Waals surface area contributed by atoms with Crippen molar-refractivity contribution in [3.05, 3.63) is 71.5 Å². The molecule has 3 aromatic rings. The Morgan fingerprint density at radius 3 is 2.12 bits per heavy atom. The molecule has 0 atom stereocenters. The van der Waals surface area contributed by atoms with Crippen LogP contribution in [-0.2, 0) is 6.61 Å². The highest BCUT2D eigenvalue weighted by atomic mass is 16.5. The first kappa shape index (κ1) is 14.3. The summed E-state index contributed by atoms with van der Waals surface area (Å²) in [6, 6.07) is 15.3. The first-order valence-electron chi connectivity index (χ1n) is 7.34. The van der Waals surface area contributed by atoms with Crippen molar-refractivity contribution in [2.45, 2.75) is 6.61 Å². The van der Waals surface area contributed by atoms with Gasteiger partial charge in [0.2, 0.25) is 0 Å². The molecule has 2 aromatic carbocycles. The number of aliphatic hydroxyl groups is 1. The molecule has 1 N–H and O–H groups in total. The van der Waals surface area contributed by atoms with E-state index in [9.17, 15) is 9.59 Å². The lowest BCUT2D eigenvalue weighted by Gasteiger charge is -2.14. The van der Waals surface area contributed by atoms with Crippen LogP contribution in [0.25, 0.3) is 11.3 Å². The summed E-state index contributed by atoms with van der Waals surface area (Å²) in [5, 5.41) is 12.9. The van der Waals surface area contributed by atoms with Gasteiger partial charge in [0, 0.05) is 11.6 Å². The number of benzene rings is 2. The Labute approximate surface area is 136 Å². The van der Waals surface area contributed by atoms with Crippen LogP contribution in [0, 0.1) is 0 Å². The van der Waals surface area contributed by atoms with Gasteiger partial charge < -0.3 is 9.63 Å². The van der Waals surface area contributed by atoms with Gasteiger partial charge in [0.1, 0.15) is 12.3 Å². The Morgan fingerprint density at radius 2 is 1.58 bits per heavy atom. The monoisotopic (exact) mass is 320 g/mol. The van der Waals surface area contributed by atoms with Crippen LogP contribution in [0.1, 0.15) is 26.5 Å². The molecule has 0 saturated carbocycles. The fraction of sp³-hybridized carbons (Fsp3) is 0.0556. The summed E-state index contributed by atoms with van der Waals surface area (Å²) < 4.78 is 4.96. The number of carbonyl (C=O) groups excluding carboxylic acids is 2. The van der Waals surface area contributed by atoms with Crippen LogP contribution in [0.15, 0.2) is 59.1 Å². The van der Waals surface area contributed by atoms with Crippen molar-refractivity contribution in [3.8, 4) is 11.3 Å². The van der Waals surface area contributed by atoms with Crippen LogP contribution in [0.2, 0.25) is 0 Å². The average molecular weight is 320 g/mol. The molecule has 118 valence electrons. The molecular formula is C18H12N2O4. The minimum absolute atomic E-state index is 0.222. The highest BCUT2D eigenvalue weighted by molar-refractivity contribution is 6.34. The number of anilines is 1. The SMILES string of the molecule is O=C1c2ccccc2C(=O)N1c1ccc(-c2cc(CO)on2)cc1. The number of carbonyl (C=O) groups is 2. The Balaban J connectivity index is 1.67. The number of imide groups is 1. The first-order valence-corrected chi connectivity index (χ1v) is 7.34. The summed E-state index contributed by atoms with van der Waals surface area (Å²) in [6.07, 6.45) is 0. The molecule has 0 unspecified atom stereocenters. The lowest BCUT2D eigenvalue weighted by Crippen LogP contribution is -2.29. The Kier molecular flexibility index (Phi) is 3.25. The molecule has 0 spiro atoms. The van der Waals surface area contributed by atoms with Crippen molar-refractivity contribution < 1.29 is 19.2 Å². The van der Waals surface area contributed by atoms with Gasteiger partial charge in [-0.3, -0.25) is 9.59 Å². The quantitative estimate of drug-likeness (QED) is 0.750. The van der Waals surface area contributed by atoms with Gasteiger partial charge in [-0.1, -0.05) is 29.4 Å². The fourth-order valence-electron chi connectivity index (χ4n) is 2.73. The summed E-state index contributed by atoms with van der Waals surface area (Å²) in [7, 11) is 0. The van der Waals surface area contributed by atoms with Crippen LogP contribution < -0.4 is 4.90 Å². The Bertz CT molecular complexity index is 909. The second-order valence-electron chi connectivity index (χ2n) is 5.37. The lowest BCUT2D eigenvalue weighted by atomic mass is 10.1. The van der Waals surface area contributed by atoms with E-state index in [-0.39, 0.29) is 18.4 Å². The van der Waals surface area contributed by atoms with E-state index in [1.807, 2.05) is 0 Å². The molecule has 1 aliphatic rings. The third-order valence-electron chi connectivity index (χ3n) is 3.93. The van der Waals surface area contributed by atoms with E-state index in [4.69, 9.17) is 9.63 Å². The van der Waals surface area contributed by atoms with Gasteiger partial charge in [0.05, 0.1) is 16.8 Å². The second-order valence-corrected chi connectivity index (χ2v) is 5.37. The minimum atomic E-state index is -0.327. The number of nitrogens with zero attached hydrogens (tertiary/aromatic N) is 2. The molecule has 6 nitrogen and oxygen atoms in total. The molecule has 2 heterocycles. The predicted octanol–water partition coefficient (Wildman–Crippen LogP) is 2.63. The van der Waals surface area contributed by atoms with Crippen LogP contribution in [0.4, 0.5) is 5.69 Å². The van der Waals surface area contributed by atoms with Gasteiger partial charge in [-0.25, -0.2) is 4.90 Å². The maximum absolute atomic E-state index is 12.5. The molecule has 1 aromatic heterocycles. The van der Waals surface area contributed by atoms with Crippen molar-refractivity contribution in [2.75, 3.05) is 4.90 Å². The average Bonchev–Trinajstić information content (AvgIpc) is 3.20. The highest BCUT2D eigenvalue weighted by Gasteiger charge is 2.36. The summed E-state index contributed by atoms with van der Waals surface area (Å²) in [5.74, 6) is -0.283. The molecule has 0 radical (unpaired) electrons. The molecule has 4 rings (SSSR count). The maximum Gasteiger partial charge on any atom is 0.266 e. The number of amides is 2. The second kappa shape index (κ2) is 5.43. The van der Waals surface area contributed by atoms with Crippen molar-refractivity contribution >= 4 is 17.5 Å². The molecule has 0 fully saturated rings. The van der Waals surface area contributed by atoms with Crippen molar-refractivity contribution in [3.63, 3.8) is 0 Å². The van der Waals surface area contributed by atoms with Gasteiger partial charge in [0.25, 0.3) is 11.8 Å². The number of hydrogen-bond donors (Lipinski definition) is 1. The summed E-state index contributed by atoms with van der Waals surface area (Å²) in [5.41, 5.74) is 2.66. The molecule has 24 heavy (non-hydrogen) atoms. The smallest absolute Gasteiger partial charge is 0.266 e. The van der Waals surface area contributed by atoms with E-state index < -0.39 is 0 Å². The zero-order valence-electron chi connectivity index (χ0n) is 12.5. The number of hydrogen-bond acceptors (Lipinski definition) is 5. The Morgan fingerprint density at radius 1 is 0.958 bits per heavy atom. The zero-order valence-corrected chi connectivity index (χ0v) is 12.5. The van der Waals surface area contributed by atoms with Crippen molar-refractivity contribution in [1.82, 2.24) is 5.16 Å². The zero-order chi connectivity index (χ0) is 16.7. The summed E-state index contributed by atoms with van der Waals surface area (Å²) in [6.45, 7) is -0.222. The number of aromatic nitrogens is 1. The van der Waals surface area contributed by atoms with Crippen LogP contribution in [0.3, 0.4) is 0 Å². The third-order valence-corrected chi connectivity index (χ3v) is 3.93. The molecule has 1 aliphatic heterocycles. The van der Waals surface area contributed by atoms with Gasteiger partial charge >= 0.3 is 0 Å². The first-order chi connectivity index (χ1) is 11.7. The highest BCUT2D eigenvalue weighted by Crippen LogP contribution is 2.30. The Hall–Kier alpha value is -3.25. The van der Waals surface area contributed by atoms with Crippen LogP contribution >= 0.6 is 0 Å². The molecular weight excluding hydrogens is 308 g/mol. The normalized spacial score (nSPS) is 13.5. The van der Waals surface area contributed by atoms with E-state index in [2.05, 4.69) is 5.16 Å². The summed E-state index contributed by atoms with van der Waals surface area (Å²) >= 11 is 0. The third kappa shape index (κ3) is 2.12. The van der Waals surface area contributed by atoms with E-state index >= 15 is 0 Å². The van der Waals surface area contributed by atoms with Gasteiger partial charge in [0.15, 0.2) is 5.76 Å². The number of fused-ring (bicyclic) bond motifs is 1. The molecule has 0 aliphatic carbocycles. The predicted molar refractivity (Wildman–Crippen MR) is 85.4 cm³/mol. The standard InChI is InChI=1S/C18H12N2O4/c21-10-13-9-16(19-24-13)11-5-7-12(8-6-11)20-17(22)14-3-1-2-4-15(14)18(20)23/h1-9,21H,10H2. The molecule has 0 bridgehead atoms. The van der Waals surface area contributed by atoms with Gasteiger partial charge in [-0.05, 0) is 24.3 Å². The molecule has 6 heteroatoms. The van der Waals surface area contributed by atoms with Crippen molar-refractivity contribution in [2.24, 2.45) is 0 Å². The van der Waals surface area contributed by atoms with Gasteiger partial charge in [-0.2, -0.15) is 0 Å². The van der Waals surface area contributed by atoms with Crippen LogP contribution in [-0.4, -0.2) is 22.1 Å². The largest absolute Gasteiger partial charge is 0.388 e. The van der Waals surface area contributed by atoms with E-state index in [1.165, 1.54) is 0 Å². The minimum Gasteiger partial charge on any atom is -0.388 e. The molecule has 0 saturated heterocycles. The fourth-order valence-corrected chi connectivity index (χ4v) is 2.73. The van der Waals surface area contributed by atoms with Crippen LogP contribution in [0.5, 0.6) is 0 Å². The van der Waals surface area contributed by atoms with E-state index in [0.29, 0.717) is 28.3 Å². The maximum atomic E-state index is 12.5. The number of rotatable bonds is 3. The van der Waals surface area contributed by atoms with E-state index in [0.717, 1.165) is 10.5 Å².